The van der Waals surface area contributed by atoms with E-state index in [-0.39, 0.29) is 5.82 Å². The van der Waals surface area contributed by atoms with Crippen LogP contribution in [0.15, 0.2) is 24.4 Å². The summed E-state index contributed by atoms with van der Waals surface area (Å²) in [4.78, 5) is 3.12. The molecule has 14 heavy (non-hydrogen) atoms. The lowest BCUT2D eigenvalue weighted by Gasteiger charge is -1.97. The van der Waals surface area contributed by atoms with Crippen molar-refractivity contribution < 1.29 is 4.39 Å². The quantitative estimate of drug-likeness (QED) is 0.746. The van der Waals surface area contributed by atoms with E-state index in [0.29, 0.717) is 0 Å². The largest absolute Gasteiger partial charge is 0.361 e. The zero-order valence-electron chi connectivity index (χ0n) is 7.89. The van der Waals surface area contributed by atoms with Gasteiger partial charge in [0.1, 0.15) is 5.82 Å². The average molecular weight is 189 g/mol. The topological polar surface area (TPSA) is 15.8 Å². The highest BCUT2D eigenvalue weighted by atomic mass is 19.1. The van der Waals surface area contributed by atoms with E-state index in [2.05, 4.69) is 4.98 Å². The maximum atomic E-state index is 13.5. The molecule has 1 fully saturated rings. The molecule has 2 heteroatoms. The zero-order chi connectivity index (χ0) is 9.54. The van der Waals surface area contributed by atoms with Gasteiger partial charge in [0, 0.05) is 17.1 Å². The van der Waals surface area contributed by atoms with Crippen molar-refractivity contribution >= 4 is 10.9 Å². The van der Waals surface area contributed by atoms with Gasteiger partial charge in [0.25, 0.3) is 0 Å². The van der Waals surface area contributed by atoms with Crippen LogP contribution in [-0.4, -0.2) is 4.98 Å². The molecule has 1 nitrogen and oxygen atoms in total. The predicted octanol–water partition coefficient (Wildman–Crippen LogP) is 3.26. The summed E-state index contributed by atoms with van der Waals surface area (Å²) < 4.78 is 13.5. The maximum absolute atomic E-state index is 13.5. The van der Waals surface area contributed by atoms with Gasteiger partial charge >= 0.3 is 0 Å². The number of fused-ring (bicyclic) bond motifs is 1. The zero-order valence-corrected chi connectivity index (χ0v) is 7.89. The van der Waals surface area contributed by atoms with E-state index in [9.17, 15) is 4.39 Å². The summed E-state index contributed by atoms with van der Waals surface area (Å²) in [5.41, 5.74) is 2.06. The van der Waals surface area contributed by atoms with Crippen molar-refractivity contribution in [2.75, 3.05) is 0 Å². The van der Waals surface area contributed by atoms with Gasteiger partial charge in [-0.1, -0.05) is 6.07 Å². The second-order valence-corrected chi connectivity index (χ2v) is 4.12. The lowest BCUT2D eigenvalue weighted by atomic mass is 10.1. The molecule has 0 bridgehead atoms. The van der Waals surface area contributed by atoms with Gasteiger partial charge in [0.15, 0.2) is 0 Å². The minimum absolute atomic E-state index is 0.0978. The first-order chi connectivity index (χ1) is 6.84. The standard InChI is InChI=1S/C12H12FN/c13-10-2-1-3-11-12(10)9(7-14-11)6-8-4-5-8/h1-3,7-8,14H,4-6H2. The SMILES string of the molecule is Fc1cccc2[nH]cc(CC3CC3)c12. The average Bonchev–Trinajstić information content (AvgIpc) is 2.88. The third-order valence-corrected chi connectivity index (χ3v) is 2.94. The molecule has 0 radical (unpaired) electrons. The number of benzene rings is 1. The molecule has 1 aliphatic rings. The molecule has 0 amide bonds. The Balaban J connectivity index is 2.13. The third kappa shape index (κ3) is 1.22. The van der Waals surface area contributed by atoms with Crippen LogP contribution in [-0.2, 0) is 6.42 Å². The normalized spacial score (nSPS) is 16.4. The molecule has 1 aromatic heterocycles. The van der Waals surface area contributed by atoms with E-state index in [4.69, 9.17) is 0 Å². The molecule has 1 heterocycles. The van der Waals surface area contributed by atoms with E-state index in [1.807, 2.05) is 12.3 Å². The fraction of sp³-hybridized carbons (Fsp3) is 0.333. The number of H-pyrrole nitrogens is 1. The van der Waals surface area contributed by atoms with E-state index < -0.39 is 0 Å². The van der Waals surface area contributed by atoms with Gasteiger partial charge in [-0.2, -0.15) is 0 Å². The summed E-state index contributed by atoms with van der Waals surface area (Å²) in [7, 11) is 0. The van der Waals surface area contributed by atoms with Gasteiger partial charge in [-0.05, 0) is 42.9 Å². The molecule has 1 N–H and O–H groups in total. The molecule has 1 saturated carbocycles. The minimum atomic E-state index is -0.0978. The van der Waals surface area contributed by atoms with E-state index in [0.717, 1.165) is 28.8 Å². The fourth-order valence-corrected chi connectivity index (χ4v) is 2.00. The Kier molecular flexibility index (Phi) is 1.63. The molecule has 72 valence electrons. The Morgan fingerprint density at radius 2 is 2.21 bits per heavy atom. The number of nitrogens with one attached hydrogen (secondary N) is 1. The van der Waals surface area contributed by atoms with Crippen molar-refractivity contribution in [3.8, 4) is 0 Å². The van der Waals surface area contributed by atoms with Crippen LogP contribution < -0.4 is 0 Å². The van der Waals surface area contributed by atoms with Crippen LogP contribution in [0.5, 0.6) is 0 Å². The summed E-state index contributed by atoms with van der Waals surface area (Å²) >= 11 is 0. The molecular weight excluding hydrogens is 177 g/mol. The summed E-state index contributed by atoms with van der Waals surface area (Å²) in [5, 5.41) is 0.791. The van der Waals surface area contributed by atoms with Crippen molar-refractivity contribution in [2.45, 2.75) is 19.3 Å². The summed E-state index contributed by atoms with van der Waals surface area (Å²) in [6, 6.07) is 5.20. The number of aromatic nitrogens is 1. The number of hydrogen-bond donors (Lipinski definition) is 1. The van der Waals surface area contributed by atoms with Crippen LogP contribution in [0.1, 0.15) is 18.4 Å². The van der Waals surface area contributed by atoms with Gasteiger partial charge in [-0.15, -0.1) is 0 Å². The van der Waals surface area contributed by atoms with E-state index in [1.165, 1.54) is 18.9 Å². The number of rotatable bonds is 2. The van der Waals surface area contributed by atoms with Crippen molar-refractivity contribution in [3.63, 3.8) is 0 Å². The first kappa shape index (κ1) is 8.04. The van der Waals surface area contributed by atoms with Crippen LogP contribution in [0.25, 0.3) is 10.9 Å². The first-order valence-corrected chi connectivity index (χ1v) is 5.09. The molecule has 1 aromatic carbocycles. The van der Waals surface area contributed by atoms with Crippen molar-refractivity contribution in [2.24, 2.45) is 5.92 Å². The number of aromatic amines is 1. The molecule has 2 aromatic rings. The van der Waals surface area contributed by atoms with Crippen molar-refractivity contribution in [1.29, 1.82) is 0 Å². The second kappa shape index (κ2) is 2.84. The first-order valence-electron chi connectivity index (χ1n) is 5.09. The second-order valence-electron chi connectivity index (χ2n) is 4.12. The Morgan fingerprint density at radius 3 is 3.00 bits per heavy atom. The van der Waals surface area contributed by atoms with Crippen molar-refractivity contribution in [1.82, 2.24) is 4.98 Å². The third-order valence-electron chi connectivity index (χ3n) is 2.94. The van der Waals surface area contributed by atoms with Crippen LogP contribution in [0.3, 0.4) is 0 Å². The minimum Gasteiger partial charge on any atom is -0.361 e. The summed E-state index contributed by atoms with van der Waals surface area (Å²) in [5.74, 6) is 0.702. The van der Waals surface area contributed by atoms with Crippen LogP contribution >= 0.6 is 0 Å². The van der Waals surface area contributed by atoms with E-state index in [1.54, 1.807) is 6.07 Å². The fourth-order valence-electron chi connectivity index (χ4n) is 2.00. The number of hydrogen-bond acceptors (Lipinski definition) is 0. The van der Waals surface area contributed by atoms with Crippen LogP contribution in [0.2, 0.25) is 0 Å². The van der Waals surface area contributed by atoms with Gasteiger partial charge in [0.05, 0.1) is 0 Å². The smallest absolute Gasteiger partial charge is 0.132 e. The molecule has 0 saturated heterocycles. The molecular formula is C12H12FN. The summed E-state index contributed by atoms with van der Waals surface area (Å²) in [6.45, 7) is 0. The Labute approximate surface area is 81.9 Å². The van der Waals surface area contributed by atoms with Gasteiger partial charge in [0.2, 0.25) is 0 Å². The Hall–Kier alpha value is -1.31. The highest BCUT2D eigenvalue weighted by Crippen LogP contribution is 2.35. The molecule has 3 rings (SSSR count). The number of halogens is 1. The lowest BCUT2D eigenvalue weighted by Crippen LogP contribution is -1.86. The maximum Gasteiger partial charge on any atom is 0.132 e. The van der Waals surface area contributed by atoms with Crippen LogP contribution in [0, 0.1) is 11.7 Å². The van der Waals surface area contributed by atoms with E-state index >= 15 is 0 Å². The van der Waals surface area contributed by atoms with Crippen molar-refractivity contribution in [3.05, 3.63) is 35.8 Å². The van der Waals surface area contributed by atoms with Gasteiger partial charge in [-0.25, -0.2) is 4.39 Å². The molecule has 0 aliphatic heterocycles. The highest BCUT2D eigenvalue weighted by molar-refractivity contribution is 5.83. The molecule has 1 aliphatic carbocycles. The van der Waals surface area contributed by atoms with Crippen LogP contribution in [0.4, 0.5) is 4.39 Å². The Bertz CT molecular complexity index is 468. The molecule has 0 spiro atoms. The molecule has 0 atom stereocenters. The van der Waals surface area contributed by atoms with Gasteiger partial charge < -0.3 is 4.98 Å². The summed E-state index contributed by atoms with van der Waals surface area (Å²) in [6.07, 6.45) is 5.59. The predicted molar refractivity (Wildman–Crippen MR) is 54.7 cm³/mol. The Morgan fingerprint density at radius 1 is 1.36 bits per heavy atom. The molecule has 0 unspecified atom stereocenters. The lowest BCUT2D eigenvalue weighted by molar-refractivity contribution is 0.638. The van der Waals surface area contributed by atoms with Gasteiger partial charge in [-0.3, -0.25) is 0 Å². The highest BCUT2D eigenvalue weighted by Gasteiger charge is 2.23. The monoisotopic (exact) mass is 189 g/mol.